The predicted octanol–water partition coefficient (Wildman–Crippen LogP) is 4.47. The van der Waals surface area contributed by atoms with Gasteiger partial charge in [-0.15, -0.1) is 6.58 Å². The summed E-state index contributed by atoms with van der Waals surface area (Å²) >= 11 is 0. The van der Waals surface area contributed by atoms with Gasteiger partial charge in [0, 0.05) is 5.56 Å². The summed E-state index contributed by atoms with van der Waals surface area (Å²) in [5.74, 6) is 7.74. The van der Waals surface area contributed by atoms with Crippen molar-refractivity contribution in [3.63, 3.8) is 0 Å². The summed E-state index contributed by atoms with van der Waals surface area (Å²) in [5.41, 5.74) is 1.54. The molecule has 0 N–H and O–H groups in total. The van der Waals surface area contributed by atoms with Crippen LogP contribution in [-0.2, 0) is 9.47 Å². The van der Waals surface area contributed by atoms with E-state index in [9.17, 15) is 0 Å². The van der Waals surface area contributed by atoms with Crippen LogP contribution in [0.2, 0.25) is 0 Å². The minimum absolute atomic E-state index is 0.161. The Morgan fingerprint density at radius 2 is 1.77 bits per heavy atom. The smallest absolute Gasteiger partial charge is 0.141 e. The molecule has 2 aliphatic rings. The first-order valence-electron chi connectivity index (χ1n) is 9.64. The Bertz CT molecular complexity index is 676. The van der Waals surface area contributed by atoms with Crippen molar-refractivity contribution in [2.75, 3.05) is 13.2 Å². The molecule has 3 heteroatoms. The molecular formula is C23H27NO2. The molecule has 2 atom stereocenters. The minimum atomic E-state index is -0.161. The van der Waals surface area contributed by atoms with Crippen molar-refractivity contribution in [3.05, 3.63) is 48.0 Å². The van der Waals surface area contributed by atoms with Gasteiger partial charge in [-0.3, -0.25) is 0 Å². The van der Waals surface area contributed by atoms with E-state index in [1.807, 2.05) is 18.2 Å². The molecule has 3 nitrogen and oxygen atoms in total. The van der Waals surface area contributed by atoms with Crippen molar-refractivity contribution >= 4 is 0 Å². The molecule has 2 fully saturated rings. The number of nitrogens with zero attached hydrogens (tertiary/aromatic N) is 1. The molecule has 1 aliphatic carbocycles. The highest BCUT2D eigenvalue weighted by atomic mass is 16.6. The highest BCUT2D eigenvalue weighted by Crippen LogP contribution is 2.35. The third-order valence-electron chi connectivity index (χ3n) is 5.51. The van der Waals surface area contributed by atoms with E-state index in [0.717, 1.165) is 17.9 Å². The van der Waals surface area contributed by atoms with E-state index in [0.29, 0.717) is 24.7 Å². The number of hydrogen-bond donors (Lipinski definition) is 0. The van der Waals surface area contributed by atoms with E-state index >= 15 is 0 Å². The lowest BCUT2D eigenvalue weighted by atomic mass is 9.77. The van der Waals surface area contributed by atoms with E-state index in [2.05, 4.69) is 24.5 Å². The molecule has 136 valence electrons. The van der Waals surface area contributed by atoms with Crippen LogP contribution in [-0.4, -0.2) is 25.4 Å². The largest absolute Gasteiger partial charge is 0.372 e. The van der Waals surface area contributed by atoms with E-state index in [1.54, 1.807) is 12.1 Å². The molecule has 1 saturated carbocycles. The highest BCUT2D eigenvalue weighted by Gasteiger charge is 2.31. The van der Waals surface area contributed by atoms with Gasteiger partial charge in [0.25, 0.3) is 0 Å². The van der Waals surface area contributed by atoms with E-state index < -0.39 is 0 Å². The Hall–Kier alpha value is -2.07. The average Bonchev–Trinajstić information content (AvgIpc) is 2.72. The first kappa shape index (κ1) is 18.7. The predicted molar refractivity (Wildman–Crippen MR) is 102 cm³/mol. The van der Waals surface area contributed by atoms with Crippen LogP contribution in [0.25, 0.3) is 0 Å². The maximum atomic E-state index is 8.82. The van der Waals surface area contributed by atoms with Crippen molar-refractivity contribution in [1.29, 1.82) is 5.26 Å². The van der Waals surface area contributed by atoms with Gasteiger partial charge in [0.15, 0.2) is 0 Å². The van der Waals surface area contributed by atoms with Crippen molar-refractivity contribution in [3.8, 4) is 17.9 Å². The molecule has 3 rings (SSSR count). The molecule has 1 saturated heterocycles. The van der Waals surface area contributed by atoms with Gasteiger partial charge in [0.05, 0.1) is 31.0 Å². The van der Waals surface area contributed by atoms with Crippen molar-refractivity contribution in [1.82, 2.24) is 0 Å². The molecule has 1 heterocycles. The second-order valence-corrected chi connectivity index (χ2v) is 7.30. The summed E-state index contributed by atoms with van der Waals surface area (Å²) in [6.07, 6.45) is 9.62. The summed E-state index contributed by atoms with van der Waals surface area (Å²) in [5, 5.41) is 8.82. The highest BCUT2D eigenvalue weighted by molar-refractivity contribution is 5.40. The summed E-state index contributed by atoms with van der Waals surface area (Å²) in [6.45, 7) is 5.02. The standard InChI is InChI=1S/C23H27NO2/c1-2-3-4-18-9-12-21(13-10-18)23-17-25-22(16-26-23)14-11-19-5-7-20(15-24)8-6-19/h2,5-8,18,21-23H,1,3-4,9-10,12-13,16-17H2. The van der Waals surface area contributed by atoms with Gasteiger partial charge in [0.1, 0.15) is 6.10 Å². The van der Waals surface area contributed by atoms with Crippen molar-refractivity contribution in [2.45, 2.75) is 50.7 Å². The van der Waals surface area contributed by atoms with Crippen LogP contribution in [0, 0.1) is 35.0 Å². The molecule has 0 aromatic heterocycles. The Labute approximate surface area is 157 Å². The normalized spacial score (nSPS) is 28.4. The summed E-state index contributed by atoms with van der Waals surface area (Å²) in [6, 6.07) is 9.40. The van der Waals surface area contributed by atoms with Crippen molar-refractivity contribution < 1.29 is 9.47 Å². The molecule has 0 radical (unpaired) electrons. The fraction of sp³-hybridized carbons (Fsp3) is 0.522. The second-order valence-electron chi connectivity index (χ2n) is 7.30. The van der Waals surface area contributed by atoms with Crippen LogP contribution >= 0.6 is 0 Å². The molecule has 26 heavy (non-hydrogen) atoms. The number of rotatable bonds is 4. The first-order chi connectivity index (χ1) is 12.8. The minimum Gasteiger partial charge on any atom is -0.372 e. The molecule has 0 bridgehead atoms. The van der Waals surface area contributed by atoms with Crippen LogP contribution in [0.15, 0.2) is 36.9 Å². The van der Waals surface area contributed by atoms with Crippen LogP contribution in [0.1, 0.15) is 49.7 Å². The monoisotopic (exact) mass is 349 g/mol. The summed E-state index contributed by atoms with van der Waals surface area (Å²) in [7, 11) is 0. The molecule has 0 spiro atoms. The van der Waals surface area contributed by atoms with Crippen LogP contribution in [0.5, 0.6) is 0 Å². The maximum absolute atomic E-state index is 8.82. The fourth-order valence-electron chi connectivity index (χ4n) is 3.87. The van der Waals surface area contributed by atoms with Gasteiger partial charge in [-0.1, -0.05) is 30.8 Å². The van der Waals surface area contributed by atoms with E-state index in [1.165, 1.54) is 32.1 Å². The number of ether oxygens (including phenoxy) is 2. The number of allylic oxidation sites excluding steroid dienone is 1. The first-order valence-corrected chi connectivity index (χ1v) is 9.64. The fourth-order valence-corrected chi connectivity index (χ4v) is 3.87. The second kappa shape index (κ2) is 9.58. The van der Waals surface area contributed by atoms with Crippen LogP contribution < -0.4 is 0 Å². The van der Waals surface area contributed by atoms with Gasteiger partial charge in [-0.05, 0) is 61.8 Å². The van der Waals surface area contributed by atoms with Crippen molar-refractivity contribution in [2.24, 2.45) is 11.8 Å². The average molecular weight is 349 g/mol. The van der Waals surface area contributed by atoms with Crippen LogP contribution in [0.4, 0.5) is 0 Å². The third-order valence-corrected chi connectivity index (χ3v) is 5.51. The zero-order chi connectivity index (χ0) is 18.2. The van der Waals surface area contributed by atoms with Gasteiger partial charge >= 0.3 is 0 Å². The molecule has 1 aliphatic heterocycles. The number of hydrogen-bond acceptors (Lipinski definition) is 3. The van der Waals surface area contributed by atoms with Gasteiger partial charge in [0.2, 0.25) is 0 Å². The van der Waals surface area contributed by atoms with Gasteiger partial charge in [-0.2, -0.15) is 5.26 Å². The molecule has 0 amide bonds. The Balaban J connectivity index is 1.43. The lowest BCUT2D eigenvalue weighted by Gasteiger charge is -2.36. The van der Waals surface area contributed by atoms with Gasteiger partial charge in [-0.25, -0.2) is 0 Å². The number of benzene rings is 1. The Morgan fingerprint density at radius 1 is 1.04 bits per heavy atom. The maximum Gasteiger partial charge on any atom is 0.141 e. The number of nitriles is 1. The van der Waals surface area contributed by atoms with Crippen LogP contribution in [0.3, 0.4) is 0 Å². The summed E-state index contributed by atoms with van der Waals surface area (Å²) in [4.78, 5) is 0. The Morgan fingerprint density at radius 3 is 2.38 bits per heavy atom. The van der Waals surface area contributed by atoms with E-state index in [4.69, 9.17) is 14.7 Å². The SMILES string of the molecule is C=CCCC1CCC(C2COC(C#Cc3ccc(C#N)cc3)CO2)CC1. The lowest BCUT2D eigenvalue weighted by Crippen LogP contribution is -2.40. The topological polar surface area (TPSA) is 42.2 Å². The third kappa shape index (κ3) is 5.21. The van der Waals surface area contributed by atoms with E-state index in [-0.39, 0.29) is 12.2 Å². The molecule has 1 aromatic carbocycles. The lowest BCUT2D eigenvalue weighted by molar-refractivity contribution is -0.138. The van der Waals surface area contributed by atoms with Gasteiger partial charge < -0.3 is 9.47 Å². The Kier molecular flexibility index (Phi) is 6.89. The zero-order valence-corrected chi connectivity index (χ0v) is 15.3. The zero-order valence-electron chi connectivity index (χ0n) is 15.3. The molecule has 1 aromatic rings. The molecule has 2 unspecified atom stereocenters. The quantitative estimate of drug-likeness (QED) is 0.595. The molecular weight excluding hydrogens is 322 g/mol. The summed E-state index contributed by atoms with van der Waals surface area (Å²) < 4.78 is 12.0.